The zero-order valence-corrected chi connectivity index (χ0v) is 12.6. The van der Waals surface area contributed by atoms with Gasteiger partial charge < -0.3 is 10.4 Å². The Morgan fingerprint density at radius 2 is 1.75 bits per heavy atom. The summed E-state index contributed by atoms with van der Waals surface area (Å²) in [6, 6.07) is 11.7. The first-order valence-electron chi connectivity index (χ1n) is 7.31. The van der Waals surface area contributed by atoms with Crippen LogP contribution in [0.3, 0.4) is 0 Å². The van der Waals surface area contributed by atoms with Crippen LogP contribution in [-0.2, 0) is 9.59 Å². The van der Waals surface area contributed by atoms with Crippen LogP contribution in [0, 0.1) is 0 Å². The molecule has 1 amide bonds. The van der Waals surface area contributed by atoms with Gasteiger partial charge in [-0.05, 0) is 22.4 Å². The van der Waals surface area contributed by atoms with Gasteiger partial charge in [-0.25, -0.2) is 0 Å². The Labute approximate surface area is 136 Å². The van der Waals surface area contributed by atoms with E-state index < -0.39 is 43.4 Å². The van der Waals surface area contributed by atoms with Crippen LogP contribution in [-0.4, -0.2) is 23.2 Å². The zero-order chi connectivity index (χ0) is 17.7. The van der Waals surface area contributed by atoms with E-state index in [4.69, 9.17) is 5.11 Å². The lowest BCUT2D eigenvalue weighted by Crippen LogP contribution is -2.31. The van der Waals surface area contributed by atoms with E-state index >= 15 is 0 Å². The van der Waals surface area contributed by atoms with Crippen molar-refractivity contribution >= 4 is 22.6 Å². The minimum Gasteiger partial charge on any atom is -0.481 e. The molecule has 2 N–H and O–H groups in total. The number of hydrogen-bond donors (Lipinski definition) is 2. The van der Waals surface area contributed by atoms with Gasteiger partial charge in [0.05, 0.1) is 18.9 Å². The fraction of sp³-hybridized carbons (Fsp3) is 0.294. The first-order valence-corrected chi connectivity index (χ1v) is 7.31. The molecule has 1 atom stereocenters. The second-order valence-corrected chi connectivity index (χ2v) is 5.44. The van der Waals surface area contributed by atoms with Gasteiger partial charge in [0.25, 0.3) is 0 Å². The maximum atomic E-state index is 12.2. The molecule has 0 fully saturated rings. The Kier molecular flexibility index (Phi) is 5.43. The predicted molar refractivity (Wildman–Crippen MR) is 82.4 cm³/mol. The van der Waals surface area contributed by atoms with Crippen molar-refractivity contribution in [2.45, 2.75) is 31.5 Å². The highest BCUT2D eigenvalue weighted by molar-refractivity contribution is 5.84. The van der Waals surface area contributed by atoms with Gasteiger partial charge >= 0.3 is 12.1 Å². The number of amides is 1. The van der Waals surface area contributed by atoms with Crippen molar-refractivity contribution in [2.24, 2.45) is 0 Å². The summed E-state index contributed by atoms with van der Waals surface area (Å²) in [6.45, 7) is 0. The summed E-state index contributed by atoms with van der Waals surface area (Å²) in [6.07, 6.45) is -6.80. The van der Waals surface area contributed by atoms with E-state index in [2.05, 4.69) is 5.32 Å². The summed E-state index contributed by atoms with van der Waals surface area (Å²) in [4.78, 5) is 22.7. The number of hydrogen-bond acceptors (Lipinski definition) is 2. The van der Waals surface area contributed by atoms with Gasteiger partial charge in [-0.3, -0.25) is 9.59 Å². The summed E-state index contributed by atoms with van der Waals surface area (Å²) in [7, 11) is 0. The van der Waals surface area contributed by atoms with Crippen molar-refractivity contribution < 1.29 is 27.9 Å². The molecule has 0 aliphatic rings. The Hall–Kier alpha value is -2.57. The third-order valence-electron chi connectivity index (χ3n) is 3.53. The quantitative estimate of drug-likeness (QED) is 0.841. The van der Waals surface area contributed by atoms with Crippen LogP contribution in [0.5, 0.6) is 0 Å². The molecule has 2 aromatic carbocycles. The Morgan fingerprint density at radius 1 is 1.08 bits per heavy atom. The lowest BCUT2D eigenvalue weighted by Gasteiger charge is -2.18. The van der Waals surface area contributed by atoms with Gasteiger partial charge in [-0.1, -0.05) is 36.4 Å². The molecule has 24 heavy (non-hydrogen) atoms. The van der Waals surface area contributed by atoms with Gasteiger partial charge in [0.15, 0.2) is 0 Å². The molecule has 2 rings (SSSR count). The molecule has 0 heterocycles. The largest absolute Gasteiger partial charge is 0.481 e. The first kappa shape index (κ1) is 17.8. The first-order chi connectivity index (χ1) is 11.2. The maximum Gasteiger partial charge on any atom is 0.389 e. The van der Waals surface area contributed by atoms with Crippen molar-refractivity contribution in [3.05, 3.63) is 48.0 Å². The van der Waals surface area contributed by atoms with Gasteiger partial charge in [0.1, 0.15) is 0 Å². The minimum atomic E-state index is -4.43. The van der Waals surface area contributed by atoms with Gasteiger partial charge in [0, 0.05) is 6.42 Å². The second-order valence-electron chi connectivity index (χ2n) is 5.44. The van der Waals surface area contributed by atoms with Crippen molar-refractivity contribution in [3.63, 3.8) is 0 Å². The number of carbonyl (C=O) groups excluding carboxylic acids is 1. The summed E-state index contributed by atoms with van der Waals surface area (Å²) >= 11 is 0. The normalized spacial score (nSPS) is 12.8. The van der Waals surface area contributed by atoms with Crippen molar-refractivity contribution in [3.8, 4) is 0 Å². The van der Waals surface area contributed by atoms with E-state index in [-0.39, 0.29) is 0 Å². The van der Waals surface area contributed by atoms with E-state index in [1.54, 1.807) is 18.2 Å². The van der Waals surface area contributed by atoms with Gasteiger partial charge in [-0.15, -0.1) is 0 Å². The lowest BCUT2D eigenvalue weighted by atomic mass is 9.99. The Balaban J connectivity index is 2.17. The minimum absolute atomic E-state index is 0.407. The SMILES string of the molecule is O=C(O)C[C@H](NC(=O)CCC(F)(F)F)c1ccc2ccccc2c1. The number of carbonyl (C=O) groups is 2. The summed E-state index contributed by atoms with van der Waals surface area (Å²) < 4.78 is 36.6. The molecule has 0 unspecified atom stereocenters. The highest BCUT2D eigenvalue weighted by Gasteiger charge is 2.28. The van der Waals surface area contributed by atoms with Crippen molar-refractivity contribution in [1.29, 1.82) is 0 Å². The molecular weight excluding hydrogens is 323 g/mol. The summed E-state index contributed by atoms with van der Waals surface area (Å²) in [5, 5.41) is 13.2. The number of halogens is 3. The Bertz CT molecular complexity index is 743. The van der Waals surface area contributed by atoms with Crippen molar-refractivity contribution in [2.75, 3.05) is 0 Å². The van der Waals surface area contributed by atoms with Crippen LogP contribution in [0.2, 0.25) is 0 Å². The standard InChI is InChI=1S/C17H16F3NO3/c18-17(19,20)8-7-15(22)21-14(10-16(23)24)13-6-5-11-3-1-2-4-12(11)9-13/h1-6,9,14H,7-8,10H2,(H,21,22)(H,23,24)/t14-/m0/s1. The van der Waals surface area contributed by atoms with Crippen LogP contribution in [0.4, 0.5) is 13.2 Å². The second kappa shape index (κ2) is 7.33. The number of carboxylic acid groups (broad SMARTS) is 1. The van der Waals surface area contributed by atoms with E-state index in [1.165, 1.54) is 0 Å². The molecule has 7 heteroatoms. The molecule has 0 saturated carbocycles. The number of nitrogens with one attached hydrogen (secondary N) is 1. The number of fused-ring (bicyclic) bond motifs is 1. The smallest absolute Gasteiger partial charge is 0.389 e. The van der Waals surface area contributed by atoms with Crippen LogP contribution >= 0.6 is 0 Å². The zero-order valence-electron chi connectivity index (χ0n) is 12.6. The van der Waals surface area contributed by atoms with Crippen LogP contribution < -0.4 is 5.32 Å². The Morgan fingerprint density at radius 3 is 2.38 bits per heavy atom. The van der Waals surface area contributed by atoms with Gasteiger partial charge in [0.2, 0.25) is 5.91 Å². The van der Waals surface area contributed by atoms with Crippen LogP contribution in [0.1, 0.15) is 30.9 Å². The maximum absolute atomic E-state index is 12.2. The molecule has 0 radical (unpaired) electrons. The molecule has 128 valence electrons. The van der Waals surface area contributed by atoms with Crippen molar-refractivity contribution in [1.82, 2.24) is 5.32 Å². The molecule has 0 bridgehead atoms. The average Bonchev–Trinajstić information content (AvgIpc) is 2.51. The summed E-state index contributed by atoms with van der Waals surface area (Å²) in [5.41, 5.74) is 0.538. The number of rotatable bonds is 6. The third-order valence-corrected chi connectivity index (χ3v) is 3.53. The molecule has 0 aliphatic carbocycles. The fourth-order valence-electron chi connectivity index (χ4n) is 2.37. The lowest BCUT2D eigenvalue weighted by molar-refractivity contribution is -0.145. The number of benzene rings is 2. The highest BCUT2D eigenvalue weighted by atomic mass is 19.4. The van der Waals surface area contributed by atoms with Crippen LogP contribution in [0.25, 0.3) is 10.8 Å². The number of alkyl halides is 3. The molecule has 0 aromatic heterocycles. The summed E-state index contributed by atoms with van der Waals surface area (Å²) in [5.74, 6) is -1.98. The molecule has 2 aromatic rings. The van der Waals surface area contributed by atoms with E-state index in [9.17, 15) is 22.8 Å². The highest BCUT2D eigenvalue weighted by Crippen LogP contribution is 2.24. The van der Waals surface area contributed by atoms with Crippen LogP contribution in [0.15, 0.2) is 42.5 Å². The fourth-order valence-corrected chi connectivity index (χ4v) is 2.37. The average molecular weight is 339 g/mol. The number of aliphatic carboxylic acids is 1. The molecule has 0 saturated heterocycles. The monoisotopic (exact) mass is 339 g/mol. The topological polar surface area (TPSA) is 66.4 Å². The third kappa shape index (κ3) is 5.26. The molecule has 4 nitrogen and oxygen atoms in total. The number of carboxylic acids is 1. The molecule has 0 aliphatic heterocycles. The van der Waals surface area contributed by atoms with E-state index in [0.717, 1.165) is 10.8 Å². The van der Waals surface area contributed by atoms with E-state index in [1.807, 2.05) is 24.3 Å². The van der Waals surface area contributed by atoms with Gasteiger partial charge in [-0.2, -0.15) is 13.2 Å². The predicted octanol–water partition coefficient (Wildman–Crippen LogP) is 3.81. The molecule has 0 spiro atoms. The van der Waals surface area contributed by atoms with E-state index in [0.29, 0.717) is 5.56 Å². The molecular formula is C17H16F3NO3.